The number of ether oxygens (including phenoxy) is 1. The molecule has 0 radical (unpaired) electrons. The number of esters is 1. The maximum atomic E-state index is 12.0. The summed E-state index contributed by atoms with van der Waals surface area (Å²) in [7, 11) is 3.35. The molecular formula is C19H32INO4S2. The molecule has 0 saturated carbocycles. The molecule has 0 bridgehead atoms. The van der Waals surface area contributed by atoms with E-state index in [9.17, 15) is 14.4 Å². The Labute approximate surface area is 185 Å². The average molecular weight is 530 g/mol. The van der Waals surface area contributed by atoms with Gasteiger partial charge in [0.1, 0.15) is 16.3 Å². The summed E-state index contributed by atoms with van der Waals surface area (Å²) < 4.78 is 4.95. The molecule has 0 rings (SSSR count). The first-order valence-corrected chi connectivity index (χ1v) is 12.7. The van der Waals surface area contributed by atoms with Gasteiger partial charge in [-0.1, -0.05) is 63.3 Å². The lowest BCUT2D eigenvalue weighted by atomic mass is 10.0. The molecule has 8 heteroatoms. The van der Waals surface area contributed by atoms with Gasteiger partial charge in [0, 0.05) is 35.8 Å². The molecule has 0 spiro atoms. The van der Waals surface area contributed by atoms with Crippen molar-refractivity contribution in [3.05, 3.63) is 12.2 Å². The number of Topliss-reactive ketones (excluding diaryl/α,β-unsaturated/α-hetero) is 1. The number of rotatable bonds is 14. The van der Waals surface area contributed by atoms with E-state index in [0.717, 1.165) is 12.2 Å². The van der Waals surface area contributed by atoms with Gasteiger partial charge in [0.25, 0.3) is 0 Å². The molecule has 0 aromatic carbocycles. The summed E-state index contributed by atoms with van der Waals surface area (Å²) in [6.45, 7) is 10.5. The van der Waals surface area contributed by atoms with Gasteiger partial charge in [0.15, 0.2) is 0 Å². The van der Waals surface area contributed by atoms with E-state index < -0.39 is 0 Å². The van der Waals surface area contributed by atoms with E-state index in [-0.39, 0.29) is 32.2 Å². The van der Waals surface area contributed by atoms with Crippen LogP contribution in [0.15, 0.2) is 12.2 Å². The lowest BCUT2D eigenvalue weighted by Gasteiger charge is -2.22. The highest BCUT2D eigenvalue weighted by atomic mass is 127. The van der Waals surface area contributed by atoms with Crippen LogP contribution in [0.3, 0.4) is 0 Å². The normalized spacial score (nSPS) is 14.0. The summed E-state index contributed by atoms with van der Waals surface area (Å²) in [5, 5.41) is 2.82. The maximum Gasteiger partial charge on any atom is 0.318 e. The predicted octanol–water partition coefficient (Wildman–Crippen LogP) is 4.58. The van der Waals surface area contributed by atoms with Gasteiger partial charge in [0.2, 0.25) is 5.91 Å². The van der Waals surface area contributed by atoms with Crippen molar-refractivity contribution in [3.8, 4) is 0 Å². The van der Waals surface area contributed by atoms with Crippen molar-refractivity contribution >= 4 is 61.8 Å². The zero-order valence-corrected chi connectivity index (χ0v) is 20.7. The standard InChI is InChI=1S/C19H32INO4S2/c1-6-7-14(2)16(22)9-11-21-17(23)8-10-19(4,5)27-26-13-12-25-18(24)15(3)20/h6-7,14-15H,8-13H2,1-5H3,(H,21,23). The Morgan fingerprint density at radius 3 is 2.48 bits per heavy atom. The quantitative estimate of drug-likeness (QED) is 0.0887. The third-order valence-electron chi connectivity index (χ3n) is 3.66. The van der Waals surface area contributed by atoms with Crippen LogP contribution in [-0.2, 0) is 19.1 Å². The summed E-state index contributed by atoms with van der Waals surface area (Å²) in [6.07, 6.45) is 5.27. The van der Waals surface area contributed by atoms with E-state index in [0.29, 0.717) is 26.0 Å². The van der Waals surface area contributed by atoms with Crippen molar-refractivity contribution in [2.75, 3.05) is 18.9 Å². The number of nitrogens with one attached hydrogen (secondary N) is 1. The fourth-order valence-electron chi connectivity index (χ4n) is 1.99. The SMILES string of the molecule is CC=CC(C)C(=O)CCNC(=O)CCC(C)(C)SSCCOC(=O)C(C)I. The topological polar surface area (TPSA) is 72.5 Å². The number of alkyl halides is 1. The Balaban J connectivity index is 3.90. The molecule has 0 heterocycles. The van der Waals surface area contributed by atoms with Crippen molar-refractivity contribution in [1.82, 2.24) is 5.32 Å². The summed E-state index contributed by atoms with van der Waals surface area (Å²) >= 11 is 2.03. The highest BCUT2D eigenvalue weighted by Gasteiger charge is 2.21. The van der Waals surface area contributed by atoms with Gasteiger partial charge in [-0.25, -0.2) is 0 Å². The van der Waals surface area contributed by atoms with Gasteiger partial charge < -0.3 is 10.1 Å². The van der Waals surface area contributed by atoms with Crippen LogP contribution >= 0.6 is 44.2 Å². The second-order valence-electron chi connectivity index (χ2n) is 6.83. The van der Waals surface area contributed by atoms with Crippen molar-refractivity contribution in [2.24, 2.45) is 5.92 Å². The molecule has 0 aromatic heterocycles. The first-order chi connectivity index (χ1) is 12.6. The minimum absolute atomic E-state index is 0.0230. The largest absolute Gasteiger partial charge is 0.464 e. The third kappa shape index (κ3) is 14.4. The van der Waals surface area contributed by atoms with Gasteiger partial charge in [-0.15, -0.1) is 0 Å². The monoisotopic (exact) mass is 529 g/mol. The van der Waals surface area contributed by atoms with Crippen LogP contribution in [0.1, 0.15) is 53.9 Å². The van der Waals surface area contributed by atoms with Gasteiger partial charge in [-0.2, -0.15) is 0 Å². The Morgan fingerprint density at radius 1 is 1.22 bits per heavy atom. The van der Waals surface area contributed by atoms with Crippen LogP contribution in [0.4, 0.5) is 0 Å². The molecule has 1 amide bonds. The van der Waals surface area contributed by atoms with Crippen LogP contribution in [0.5, 0.6) is 0 Å². The molecule has 0 fully saturated rings. The minimum atomic E-state index is -0.185. The Bertz CT molecular complexity index is 510. The smallest absolute Gasteiger partial charge is 0.318 e. The molecule has 0 aliphatic heterocycles. The first-order valence-electron chi connectivity index (χ1n) is 9.12. The van der Waals surface area contributed by atoms with Gasteiger partial charge in [-0.05, 0) is 34.1 Å². The molecule has 0 aliphatic carbocycles. The number of carbonyl (C=O) groups excluding carboxylic acids is 3. The lowest BCUT2D eigenvalue weighted by molar-refractivity contribution is -0.141. The maximum absolute atomic E-state index is 12.0. The molecule has 2 atom stereocenters. The number of ketones is 1. The molecular weight excluding hydrogens is 497 g/mol. The minimum Gasteiger partial charge on any atom is -0.464 e. The van der Waals surface area contributed by atoms with Gasteiger partial charge >= 0.3 is 5.97 Å². The van der Waals surface area contributed by atoms with Crippen molar-refractivity contribution in [3.63, 3.8) is 0 Å². The van der Waals surface area contributed by atoms with Crippen LogP contribution in [0.2, 0.25) is 0 Å². The highest BCUT2D eigenvalue weighted by molar-refractivity contribution is 14.1. The second kappa shape index (κ2) is 14.7. The molecule has 27 heavy (non-hydrogen) atoms. The van der Waals surface area contributed by atoms with Crippen LogP contribution < -0.4 is 5.32 Å². The zero-order valence-electron chi connectivity index (χ0n) is 16.9. The molecule has 1 N–H and O–H groups in total. The van der Waals surface area contributed by atoms with Gasteiger partial charge in [-0.3, -0.25) is 14.4 Å². The number of hydrogen-bond donors (Lipinski definition) is 1. The fourth-order valence-corrected chi connectivity index (χ4v) is 4.57. The molecule has 0 aromatic rings. The molecule has 0 saturated heterocycles. The van der Waals surface area contributed by atoms with E-state index >= 15 is 0 Å². The summed E-state index contributed by atoms with van der Waals surface area (Å²) in [4.78, 5) is 35.2. The number of hydrogen-bond acceptors (Lipinski definition) is 6. The zero-order chi connectivity index (χ0) is 20.9. The average Bonchev–Trinajstić information content (AvgIpc) is 2.59. The third-order valence-corrected chi connectivity index (χ3v) is 7.48. The number of carbonyl (C=O) groups is 3. The summed E-state index contributed by atoms with van der Waals surface area (Å²) in [5.41, 5.74) is 0. The molecule has 156 valence electrons. The van der Waals surface area contributed by atoms with E-state index in [4.69, 9.17) is 4.74 Å². The van der Waals surface area contributed by atoms with Crippen LogP contribution in [0.25, 0.3) is 0 Å². The summed E-state index contributed by atoms with van der Waals surface area (Å²) in [6, 6.07) is 0. The Kier molecular flexibility index (Phi) is 14.6. The molecule has 2 unspecified atom stereocenters. The second-order valence-corrected chi connectivity index (χ2v) is 11.8. The Hall–Kier alpha value is -0.220. The van der Waals surface area contributed by atoms with Gasteiger partial charge in [0.05, 0.1) is 0 Å². The number of amides is 1. The van der Waals surface area contributed by atoms with E-state index in [1.54, 1.807) is 28.5 Å². The fraction of sp³-hybridized carbons (Fsp3) is 0.737. The number of halogens is 1. The van der Waals surface area contributed by atoms with E-state index in [1.165, 1.54) is 0 Å². The van der Waals surface area contributed by atoms with E-state index in [1.807, 2.05) is 48.6 Å². The molecule has 0 aliphatic rings. The van der Waals surface area contributed by atoms with Crippen molar-refractivity contribution in [1.29, 1.82) is 0 Å². The molecule has 5 nitrogen and oxygen atoms in total. The van der Waals surface area contributed by atoms with Crippen molar-refractivity contribution < 1.29 is 19.1 Å². The Morgan fingerprint density at radius 2 is 1.89 bits per heavy atom. The predicted molar refractivity (Wildman–Crippen MR) is 124 cm³/mol. The van der Waals surface area contributed by atoms with Crippen LogP contribution in [-0.4, -0.2) is 45.2 Å². The number of allylic oxidation sites excluding steroid dienone is 2. The van der Waals surface area contributed by atoms with Crippen molar-refractivity contribution in [2.45, 2.75) is 62.6 Å². The summed E-state index contributed by atoms with van der Waals surface area (Å²) in [5.74, 6) is 0.555. The first kappa shape index (κ1) is 26.8. The lowest BCUT2D eigenvalue weighted by Crippen LogP contribution is -2.28. The highest BCUT2D eigenvalue weighted by Crippen LogP contribution is 2.38. The van der Waals surface area contributed by atoms with E-state index in [2.05, 4.69) is 19.2 Å². The van der Waals surface area contributed by atoms with Crippen LogP contribution in [0, 0.1) is 5.92 Å².